The number of rotatable bonds is 6. The molecule has 0 unspecified atom stereocenters. The number of benzene rings is 1. The van der Waals surface area contributed by atoms with Gasteiger partial charge in [-0.1, -0.05) is 13.8 Å². The molecule has 7 nitrogen and oxygen atoms in total. The van der Waals surface area contributed by atoms with E-state index < -0.39 is 6.04 Å². The number of aromatic nitrogens is 3. The molecule has 1 aromatic heterocycles. The Kier molecular flexibility index (Phi) is 5.24. The number of hydrogen-bond acceptors (Lipinski definition) is 5. The summed E-state index contributed by atoms with van der Waals surface area (Å²) in [5.41, 5.74) is 12.9. The van der Waals surface area contributed by atoms with Crippen molar-refractivity contribution in [3.05, 3.63) is 30.1 Å². The molecular formula is C15H22N6O. The van der Waals surface area contributed by atoms with Crippen LogP contribution in [-0.2, 0) is 11.3 Å². The maximum atomic E-state index is 12.0. The molecule has 7 heteroatoms. The van der Waals surface area contributed by atoms with Crippen LogP contribution < -0.4 is 16.8 Å². The Morgan fingerprint density at radius 3 is 2.55 bits per heavy atom. The number of aromatic amines is 1. The Balaban J connectivity index is 2.01. The maximum absolute atomic E-state index is 12.0. The lowest BCUT2D eigenvalue weighted by Crippen LogP contribution is -2.36. The average Bonchev–Trinajstić information content (AvgIpc) is 2.96. The van der Waals surface area contributed by atoms with Crippen molar-refractivity contribution in [2.24, 2.45) is 17.4 Å². The maximum Gasteiger partial charge on any atom is 0.241 e. The molecule has 0 bridgehead atoms. The molecule has 22 heavy (non-hydrogen) atoms. The first-order valence-corrected chi connectivity index (χ1v) is 7.27. The van der Waals surface area contributed by atoms with E-state index in [1.165, 1.54) is 0 Å². The molecule has 0 fully saturated rings. The normalized spacial score (nSPS) is 12.4. The minimum atomic E-state index is -0.500. The van der Waals surface area contributed by atoms with E-state index in [9.17, 15) is 4.79 Å². The molecule has 0 saturated heterocycles. The number of nitrogens with one attached hydrogen (secondary N) is 2. The smallest absolute Gasteiger partial charge is 0.241 e. The molecule has 2 rings (SSSR count). The number of amides is 1. The summed E-state index contributed by atoms with van der Waals surface area (Å²) < 4.78 is 0. The summed E-state index contributed by atoms with van der Waals surface area (Å²) >= 11 is 0. The number of hydrogen-bond donors (Lipinski definition) is 4. The first-order valence-electron chi connectivity index (χ1n) is 7.27. The Hall–Kier alpha value is -2.25. The quantitative estimate of drug-likeness (QED) is 0.639. The van der Waals surface area contributed by atoms with E-state index in [0.29, 0.717) is 36.2 Å². The second kappa shape index (κ2) is 7.15. The number of anilines is 1. The van der Waals surface area contributed by atoms with Gasteiger partial charge in [0, 0.05) is 11.3 Å². The van der Waals surface area contributed by atoms with E-state index in [4.69, 9.17) is 11.5 Å². The first-order chi connectivity index (χ1) is 10.5. The number of nitrogens with zero attached hydrogens (tertiary/aromatic N) is 2. The molecule has 118 valence electrons. The fraction of sp³-hybridized carbons (Fsp3) is 0.400. The van der Waals surface area contributed by atoms with Crippen molar-refractivity contribution in [1.82, 2.24) is 15.2 Å². The van der Waals surface area contributed by atoms with Crippen molar-refractivity contribution in [2.75, 3.05) is 5.32 Å². The van der Waals surface area contributed by atoms with Crippen LogP contribution in [-0.4, -0.2) is 27.1 Å². The van der Waals surface area contributed by atoms with Crippen LogP contribution in [0.1, 0.15) is 26.1 Å². The summed E-state index contributed by atoms with van der Waals surface area (Å²) in [5, 5.41) is 9.66. The Labute approximate surface area is 129 Å². The second-order valence-corrected chi connectivity index (χ2v) is 5.61. The lowest BCUT2D eigenvalue weighted by Gasteiger charge is -2.14. The Morgan fingerprint density at radius 2 is 2.00 bits per heavy atom. The summed E-state index contributed by atoms with van der Waals surface area (Å²) in [7, 11) is 0. The Bertz CT molecular complexity index is 619. The highest BCUT2D eigenvalue weighted by molar-refractivity contribution is 5.94. The molecule has 0 aliphatic carbocycles. The van der Waals surface area contributed by atoms with E-state index in [0.717, 1.165) is 5.56 Å². The number of nitrogens with two attached hydrogens (primary N) is 2. The monoisotopic (exact) mass is 302 g/mol. The van der Waals surface area contributed by atoms with Gasteiger partial charge in [0.15, 0.2) is 5.82 Å². The molecule has 0 saturated carbocycles. The average molecular weight is 302 g/mol. The van der Waals surface area contributed by atoms with Gasteiger partial charge in [-0.25, -0.2) is 4.98 Å². The zero-order chi connectivity index (χ0) is 16.1. The van der Waals surface area contributed by atoms with Crippen molar-refractivity contribution < 1.29 is 4.79 Å². The van der Waals surface area contributed by atoms with Crippen LogP contribution in [0.5, 0.6) is 0 Å². The first kappa shape index (κ1) is 16.1. The molecule has 0 radical (unpaired) electrons. The van der Waals surface area contributed by atoms with Crippen molar-refractivity contribution in [3.63, 3.8) is 0 Å². The minimum absolute atomic E-state index is 0.176. The minimum Gasteiger partial charge on any atom is -0.325 e. The SMILES string of the molecule is CC(C)C[C@H](N)C(=O)Nc1ccc(-c2n[nH]c(CN)n2)cc1. The standard InChI is InChI=1S/C15H22N6O/c1-9(2)7-12(17)15(22)18-11-5-3-10(4-6-11)14-19-13(8-16)20-21-14/h3-6,9,12H,7-8,16-17H2,1-2H3,(H,18,22)(H,19,20,21)/t12-/m0/s1. The number of carbonyl (C=O) groups is 1. The van der Waals surface area contributed by atoms with Gasteiger partial charge in [0.1, 0.15) is 5.82 Å². The molecule has 1 heterocycles. The van der Waals surface area contributed by atoms with Gasteiger partial charge in [0.2, 0.25) is 5.91 Å². The summed E-state index contributed by atoms with van der Waals surface area (Å²) in [4.78, 5) is 16.2. The van der Waals surface area contributed by atoms with Gasteiger partial charge in [0.05, 0.1) is 12.6 Å². The molecule has 0 spiro atoms. The van der Waals surface area contributed by atoms with Crippen molar-refractivity contribution in [1.29, 1.82) is 0 Å². The Morgan fingerprint density at radius 1 is 1.32 bits per heavy atom. The van der Waals surface area contributed by atoms with Gasteiger partial charge < -0.3 is 16.8 Å². The van der Waals surface area contributed by atoms with Crippen LogP contribution in [0.2, 0.25) is 0 Å². The van der Waals surface area contributed by atoms with Gasteiger partial charge in [-0.3, -0.25) is 9.89 Å². The van der Waals surface area contributed by atoms with E-state index in [1.54, 1.807) is 12.1 Å². The zero-order valence-electron chi connectivity index (χ0n) is 12.8. The van der Waals surface area contributed by atoms with Crippen LogP contribution >= 0.6 is 0 Å². The zero-order valence-corrected chi connectivity index (χ0v) is 12.8. The van der Waals surface area contributed by atoms with Crippen LogP contribution in [0, 0.1) is 5.92 Å². The van der Waals surface area contributed by atoms with E-state index >= 15 is 0 Å². The largest absolute Gasteiger partial charge is 0.325 e. The number of carbonyl (C=O) groups excluding carboxylic acids is 1. The van der Waals surface area contributed by atoms with Crippen molar-refractivity contribution in [2.45, 2.75) is 32.9 Å². The van der Waals surface area contributed by atoms with E-state index in [-0.39, 0.29) is 5.91 Å². The van der Waals surface area contributed by atoms with Gasteiger partial charge in [-0.05, 0) is 36.6 Å². The molecule has 2 aromatic rings. The number of H-pyrrole nitrogens is 1. The second-order valence-electron chi connectivity index (χ2n) is 5.61. The predicted molar refractivity (Wildman–Crippen MR) is 85.8 cm³/mol. The van der Waals surface area contributed by atoms with Gasteiger partial charge in [-0.15, -0.1) is 0 Å². The summed E-state index contributed by atoms with van der Waals surface area (Å²) in [6.07, 6.45) is 0.656. The lowest BCUT2D eigenvalue weighted by atomic mass is 10.0. The fourth-order valence-corrected chi connectivity index (χ4v) is 2.07. The molecule has 0 aliphatic rings. The molecular weight excluding hydrogens is 280 g/mol. The predicted octanol–water partition coefficient (Wildman–Crippen LogP) is 1.24. The molecule has 1 atom stereocenters. The summed E-state index contributed by atoms with van der Waals surface area (Å²) in [6.45, 7) is 4.39. The van der Waals surface area contributed by atoms with Crippen LogP contribution in [0.4, 0.5) is 5.69 Å². The van der Waals surface area contributed by atoms with E-state index in [2.05, 4.69) is 20.5 Å². The van der Waals surface area contributed by atoms with E-state index in [1.807, 2.05) is 26.0 Å². The lowest BCUT2D eigenvalue weighted by molar-refractivity contribution is -0.117. The molecule has 1 aromatic carbocycles. The van der Waals surface area contributed by atoms with Crippen molar-refractivity contribution in [3.8, 4) is 11.4 Å². The van der Waals surface area contributed by atoms with Crippen LogP contribution in [0.25, 0.3) is 11.4 Å². The highest BCUT2D eigenvalue weighted by Crippen LogP contribution is 2.18. The molecule has 1 amide bonds. The van der Waals surface area contributed by atoms with Crippen LogP contribution in [0.3, 0.4) is 0 Å². The van der Waals surface area contributed by atoms with Gasteiger partial charge in [0.25, 0.3) is 0 Å². The van der Waals surface area contributed by atoms with Gasteiger partial charge >= 0.3 is 0 Å². The highest BCUT2D eigenvalue weighted by atomic mass is 16.2. The molecule has 6 N–H and O–H groups in total. The highest BCUT2D eigenvalue weighted by Gasteiger charge is 2.15. The summed E-state index contributed by atoms with van der Waals surface area (Å²) in [5.74, 6) is 1.41. The molecule has 0 aliphatic heterocycles. The van der Waals surface area contributed by atoms with Gasteiger partial charge in [-0.2, -0.15) is 5.10 Å². The fourth-order valence-electron chi connectivity index (χ4n) is 2.07. The third-order valence-corrected chi connectivity index (χ3v) is 3.20. The summed E-state index contributed by atoms with van der Waals surface area (Å²) in [6, 6.07) is 6.78. The topological polar surface area (TPSA) is 123 Å². The van der Waals surface area contributed by atoms with Crippen molar-refractivity contribution >= 4 is 11.6 Å². The third-order valence-electron chi connectivity index (χ3n) is 3.20. The van der Waals surface area contributed by atoms with Crippen LogP contribution in [0.15, 0.2) is 24.3 Å². The third kappa shape index (κ3) is 4.12.